The highest BCUT2D eigenvalue weighted by Gasteiger charge is 2.36. The van der Waals surface area contributed by atoms with Crippen molar-refractivity contribution >= 4 is 5.91 Å². The number of amides is 1. The van der Waals surface area contributed by atoms with Gasteiger partial charge in [-0.1, -0.05) is 36.4 Å². The average molecular weight is 398 g/mol. The first-order valence-electron chi connectivity index (χ1n) is 10.3. The number of nitrogens with zero attached hydrogens (tertiary/aromatic N) is 1. The van der Waals surface area contributed by atoms with Gasteiger partial charge in [-0.3, -0.25) is 4.79 Å². The highest BCUT2D eigenvalue weighted by Crippen LogP contribution is 2.36. The van der Waals surface area contributed by atoms with E-state index < -0.39 is 6.10 Å². The summed E-state index contributed by atoms with van der Waals surface area (Å²) in [5.41, 5.74) is 3.21. The molecule has 6 heteroatoms. The van der Waals surface area contributed by atoms with Gasteiger partial charge in [-0.15, -0.1) is 0 Å². The molecule has 29 heavy (non-hydrogen) atoms. The minimum atomic E-state index is -0.514. The number of hydrogen-bond donors (Lipinski definition) is 2. The number of halogens is 1. The fourth-order valence-corrected chi connectivity index (χ4v) is 4.32. The van der Waals surface area contributed by atoms with Gasteiger partial charge in [0.25, 0.3) is 5.91 Å². The monoisotopic (exact) mass is 398 g/mol. The lowest BCUT2D eigenvalue weighted by Crippen LogP contribution is -2.46. The lowest BCUT2D eigenvalue weighted by atomic mass is 9.87. The quantitative estimate of drug-likeness (QED) is 0.831. The van der Waals surface area contributed by atoms with Gasteiger partial charge in [-0.2, -0.15) is 0 Å². The molecule has 154 valence electrons. The van der Waals surface area contributed by atoms with Crippen LogP contribution in [0.15, 0.2) is 48.5 Å². The molecule has 0 spiro atoms. The summed E-state index contributed by atoms with van der Waals surface area (Å²) in [5, 5.41) is 12.5. The first-order valence-corrected chi connectivity index (χ1v) is 10.3. The molecule has 1 amide bonds. The van der Waals surface area contributed by atoms with Crippen molar-refractivity contribution in [3.8, 4) is 0 Å². The van der Waals surface area contributed by atoms with E-state index in [-0.39, 0.29) is 30.4 Å². The van der Waals surface area contributed by atoms with Gasteiger partial charge in [0.2, 0.25) is 0 Å². The Labute approximate surface area is 170 Å². The van der Waals surface area contributed by atoms with Crippen LogP contribution in [0.1, 0.15) is 35.6 Å². The van der Waals surface area contributed by atoms with Crippen LogP contribution in [0, 0.1) is 5.82 Å². The summed E-state index contributed by atoms with van der Waals surface area (Å²) in [6.07, 6.45) is 1.47. The van der Waals surface area contributed by atoms with Gasteiger partial charge in [0.05, 0.1) is 12.6 Å². The van der Waals surface area contributed by atoms with Crippen molar-refractivity contribution in [2.45, 2.75) is 37.5 Å². The summed E-state index contributed by atoms with van der Waals surface area (Å²) in [5.74, 6) is -0.316. The summed E-state index contributed by atoms with van der Waals surface area (Å²) in [7, 11) is 0. The molecule has 2 aromatic carbocycles. The highest BCUT2D eigenvalue weighted by atomic mass is 19.1. The van der Waals surface area contributed by atoms with E-state index in [9.17, 15) is 9.18 Å². The number of fused-ring (bicyclic) bond motifs is 1. The third-order valence-electron chi connectivity index (χ3n) is 5.84. The SMILES string of the molecule is O=C([C@@H]1CCN[C@@H](CCO)CO1)N1CCc2ccccc2[C@@H]1c1ccc(F)cc1. The van der Waals surface area contributed by atoms with Crippen LogP contribution in [-0.4, -0.2) is 54.4 Å². The molecule has 1 fully saturated rings. The molecule has 3 atom stereocenters. The molecule has 0 aliphatic carbocycles. The van der Waals surface area contributed by atoms with Crippen LogP contribution in [0.25, 0.3) is 0 Å². The second kappa shape index (κ2) is 9.03. The second-order valence-electron chi connectivity index (χ2n) is 7.71. The maximum absolute atomic E-state index is 13.5. The van der Waals surface area contributed by atoms with E-state index in [1.165, 1.54) is 17.7 Å². The molecule has 0 bridgehead atoms. The van der Waals surface area contributed by atoms with Crippen molar-refractivity contribution in [3.63, 3.8) is 0 Å². The maximum atomic E-state index is 13.5. The molecule has 4 rings (SSSR count). The van der Waals surface area contributed by atoms with Crippen molar-refractivity contribution in [2.24, 2.45) is 0 Å². The van der Waals surface area contributed by atoms with Crippen LogP contribution in [0.2, 0.25) is 0 Å². The predicted molar refractivity (Wildman–Crippen MR) is 108 cm³/mol. The number of aliphatic hydroxyl groups excluding tert-OH is 1. The van der Waals surface area contributed by atoms with Crippen LogP contribution in [-0.2, 0) is 16.0 Å². The molecular weight excluding hydrogens is 371 g/mol. The molecule has 2 aliphatic heterocycles. The van der Waals surface area contributed by atoms with E-state index in [0.29, 0.717) is 32.5 Å². The number of aliphatic hydroxyl groups is 1. The van der Waals surface area contributed by atoms with Crippen LogP contribution in [0.3, 0.4) is 0 Å². The third kappa shape index (κ3) is 4.34. The van der Waals surface area contributed by atoms with E-state index in [2.05, 4.69) is 17.4 Å². The topological polar surface area (TPSA) is 61.8 Å². The highest BCUT2D eigenvalue weighted by molar-refractivity contribution is 5.82. The minimum Gasteiger partial charge on any atom is -0.396 e. The summed E-state index contributed by atoms with van der Waals surface area (Å²) < 4.78 is 19.5. The molecule has 1 saturated heterocycles. The van der Waals surface area contributed by atoms with Gasteiger partial charge in [-0.05, 0) is 54.6 Å². The molecule has 0 saturated carbocycles. The van der Waals surface area contributed by atoms with Crippen LogP contribution >= 0.6 is 0 Å². The Morgan fingerprint density at radius 1 is 1.21 bits per heavy atom. The standard InChI is InChI=1S/C23H27FN2O3/c24-18-7-5-17(6-8-18)22-20-4-2-1-3-16(20)10-13-26(22)23(28)21-9-12-25-19(11-14-27)15-29-21/h1-8,19,21-22,25,27H,9-15H2/t19-,21-,22-/m0/s1. The number of benzene rings is 2. The smallest absolute Gasteiger partial charge is 0.252 e. The van der Waals surface area contributed by atoms with Gasteiger partial charge < -0.3 is 20.1 Å². The van der Waals surface area contributed by atoms with Crippen LogP contribution in [0.5, 0.6) is 0 Å². The largest absolute Gasteiger partial charge is 0.396 e. The van der Waals surface area contributed by atoms with Crippen LogP contribution in [0.4, 0.5) is 4.39 Å². The van der Waals surface area contributed by atoms with E-state index in [1.54, 1.807) is 12.1 Å². The van der Waals surface area contributed by atoms with E-state index in [4.69, 9.17) is 9.84 Å². The Bertz CT molecular complexity index is 842. The van der Waals surface area contributed by atoms with Crippen molar-refractivity contribution in [2.75, 3.05) is 26.3 Å². The molecule has 0 radical (unpaired) electrons. The Morgan fingerprint density at radius 2 is 2.00 bits per heavy atom. The second-order valence-corrected chi connectivity index (χ2v) is 7.71. The molecule has 2 heterocycles. The van der Waals surface area contributed by atoms with E-state index in [1.807, 2.05) is 17.0 Å². The molecule has 2 aliphatic rings. The first kappa shape index (κ1) is 20.0. The normalized spacial score (nSPS) is 24.6. The van der Waals surface area contributed by atoms with E-state index >= 15 is 0 Å². The van der Waals surface area contributed by atoms with Crippen molar-refractivity contribution in [1.82, 2.24) is 10.2 Å². The average Bonchev–Trinajstić information content (AvgIpc) is 2.99. The van der Waals surface area contributed by atoms with Gasteiger partial charge in [0.1, 0.15) is 11.9 Å². The third-order valence-corrected chi connectivity index (χ3v) is 5.84. The zero-order chi connectivity index (χ0) is 20.2. The fraction of sp³-hybridized carbons (Fsp3) is 0.435. The zero-order valence-corrected chi connectivity index (χ0v) is 16.4. The molecule has 2 N–H and O–H groups in total. The first-order chi connectivity index (χ1) is 14.2. The number of rotatable bonds is 4. The molecular formula is C23H27FN2O3. The zero-order valence-electron chi connectivity index (χ0n) is 16.4. The van der Waals surface area contributed by atoms with Gasteiger partial charge in [0, 0.05) is 19.2 Å². The number of carbonyl (C=O) groups excluding carboxylic acids is 1. The van der Waals surface area contributed by atoms with Crippen molar-refractivity contribution in [3.05, 3.63) is 71.0 Å². The van der Waals surface area contributed by atoms with Crippen molar-refractivity contribution in [1.29, 1.82) is 0 Å². The summed E-state index contributed by atoms with van der Waals surface area (Å²) >= 11 is 0. The predicted octanol–water partition coefficient (Wildman–Crippen LogP) is 2.43. The van der Waals surface area contributed by atoms with Gasteiger partial charge in [-0.25, -0.2) is 4.39 Å². The minimum absolute atomic E-state index is 0.0275. The van der Waals surface area contributed by atoms with Gasteiger partial charge >= 0.3 is 0 Å². The Kier molecular flexibility index (Phi) is 6.23. The molecule has 5 nitrogen and oxygen atoms in total. The summed E-state index contributed by atoms with van der Waals surface area (Å²) in [6, 6.07) is 14.4. The lowest BCUT2D eigenvalue weighted by molar-refractivity contribution is -0.146. The Balaban J connectivity index is 1.61. The summed E-state index contributed by atoms with van der Waals surface area (Å²) in [4.78, 5) is 15.4. The van der Waals surface area contributed by atoms with Crippen LogP contribution < -0.4 is 5.32 Å². The van der Waals surface area contributed by atoms with Gasteiger partial charge in [0.15, 0.2) is 0 Å². The summed E-state index contributed by atoms with van der Waals surface area (Å²) in [6.45, 7) is 1.77. The number of carbonyl (C=O) groups is 1. The van der Waals surface area contributed by atoms with Crippen molar-refractivity contribution < 1.29 is 19.0 Å². The number of hydrogen-bond acceptors (Lipinski definition) is 4. The maximum Gasteiger partial charge on any atom is 0.252 e. The molecule has 0 aromatic heterocycles. The Morgan fingerprint density at radius 3 is 2.79 bits per heavy atom. The molecule has 0 unspecified atom stereocenters. The molecule has 2 aromatic rings. The lowest BCUT2D eigenvalue weighted by Gasteiger charge is -2.39. The van der Waals surface area contributed by atoms with E-state index in [0.717, 1.165) is 17.5 Å². The number of nitrogens with one attached hydrogen (secondary N) is 1. The Hall–Kier alpha value is -2.28. The fourth-order valence-electron chi connectivity index (χ4n) is 4.32. The number of ether oxygens (including phenoxy) is 1.